The average molecular weight is 223 g/mol. The van der Waals surface area contributed by atoms with Crippen LogP contribution >= 0.6 is 0 Å². The molecule has 88 valence electrons. The molecule has 1 aromatic carbocycles. The molecule has 1 aliphatic heterocycles. The van der Waals surface area contributed by atoms with Crippen LogP contribution in [0.5, 0.6) is 0 Å². The zero-order valence-electron chi connectivity index (χ0n) is 9.58. The van der Waals surface area contributed by atoms with Crippen molar-refractivity contribution < 1.29 is 9.13 Å². The third kappa shape index (κ3) is 2.80. The Bertz CT molecular complexity index is 325. The van der Waals surface area contributed by atoms with Crippen molar-refractivity contribution in [2.75, 3.05) is 20.2 Å². The van der Waals surface area contributed by atoms with Crippen molar-refractivity contribution in [2.24, 2.45) is 5.92 Å². The van der Waals surface area contributed by atoms with Crippen LogP contribution in [0.4, 0.5) is 4.39 Å². The van der Waals surface area contributed by atoms with E-state index in [0.717, 1.165) is 25.9 Å². The van der Waals surface area contributed by atoms with Gasteiger partial charge in [0.2, 0.25) is 0 Å². The van der Waals surface area contributed by atoms with E-state index in [9.17, 15) is 4.39 Å². The van der Waals surface area contributed by atoms with Crippen molar-refractivity contribution in [3.05, 3.63) is 35.6 Å². The fourth-order valence-electron chi connectivity index (χ4n) is 2.34. The Labute approximate surface area is 95.8 Å². The first-order valence-corrected chi connectivity index (χ1v) is 5.77. The molecule has 2 unspecified atom stereocenters. The monoisotopic (exact) mass is 223 g/mol. The Morgan fingerprint density at radius 1 is 1.38 bits per heavy atom. The number of hydrogen-bond donors (Lipinski definition) is 1. The van der Waals surface area contributed by atoms with Gasteiger partial charge in [0.05, 0.1) is 6.10 Å². The van der Waals surface area contributed by atoms with E-state index >= 15 is 0 Å². The van der Waals surface area contributed by atoms with Gasteiger partial charge in [0, 0.05) is 19.6 Å². The van der Waals surface area contributed by atoms with Gasteiger partial charge in [-0.05, 0) is 37.1 Å². The third-order valence-electron chi connectivity index (χ3n) is 3.25. The summed E-state index contributed by atoms with van der Waals surface area (Å²) in [4.78, 5) is 0. The van der Waals surface area contributed by atoms with Gasteiger partial charge in [-0.3, -0.25) is 0 Å². The SMILES string of the molecule is COC1CCNCC1Cc1ccc(F)cc1. The van der Waals surface area contributed by atoms with Crippen LogP contribution in [0.3, 0.4) is 0 Å². The second-order valence-corrected chi connectivity index (χ2v) is 4.36. The Kier molecular flexibility index (Phi) is 3.91. The van der Waals surface area contributed by atoms with Crippen molar-refractivity contribution in [3.63, 3.8) is 0 Å². The molecule has 1 saturated heterocycles. The van der Waals surface area contributed by atoms with Gasteiger partial charge in [-0.25, -0.2) is 4.39 Å². The van der Waals surface area contributed by atoms with Gasteiger partial charge in [0.1, 0.15) is 5.82 Å². The van der Waals surface area contributed by atoms with E-state index in [0.29, 0.717) is 12.0 Å². The molecule has 0 saturated carbocycles. The summed E-state index contributed by atoms with van der Waals surface area (Å²) in [6.07, 6.45) is 2.33. The number of nitrogens with one attached hydrogen (secondary N) is 1. The Morgan fingerprint density at radius 2 is 2.12 bits per heavy atom. The van der Waals surface area contributed by atoms with E-state index in [2.05, 4.69) is 5.32 Å². The Morgan fingerprint density at radius 3 is 2.81 bits per heavy atom. The zero-order valence-corrected chi connectivity index (χ0v) is 9.58. The first-order chi connectivity index (χ1) is 7.79. The van der Waals surface area contributed by atoms with E-state index in [-0.39, 0.29) is 5.82 Å². The Balaban J connectivity index is 1.99. The predicted octanol–water partition coefficient (Wildman–Crippen LogP) is 1.99. The van der Waals surface area contributed by atoms with E-state index in [1.54, 1.807) is 7.11 Å². The second kappa shape index (κ2) is 5.41. The van der Waals surface area contributed by atoms with Crippen LogP contribution in [0, 0.1) is 11.7 Å². The molecule has 0 radical (unpaired) electrons. The topological polar surface area (TPSA) is 21.3 Å². The van der Waals surface area contributed by atoms with Gasteiger partial charge in [0.15, 0.2) is 0 Å². The molecule has 1 N–H and O–H groups in total. The van der Waals surface area contributed by atoms with Gasteiger partial charge in [-0.2, -0.15) is 0 Å². The third-order valence-corrected chi connectivity index (χ3v) is 3.25. The van der Waals surface area contributed by atoms with Crippen LogP contribution < -0.4 is 5.32 Å². The predicted molar refractivity (Wildman–Crippen MR) is 61.9 cm³/mol. The van der Waals surface area contributed by atoms with Crippen LogP contribution in [-0.4, -0.2) is 26.3 Å². The van der Waals surface area contributed by atoms with E-state index in [1.165, 1.54) is 17.7 Å². The van der Waals surface area contributed by atoms with Crippen LogP contribution in [0.2, 0.25) is 0 Å². The van der Waals surface area contributed by atoms with Crippen molar-refractivity contribution >= 4 is 0 Å². The highest BCUT2D eigenvalue weighted by Crippen LogP contribution is 2.19. The minimum Gasteiger partial charge on any atom is -0.381 e. The summed E-state index contributed by atoms with van der Waals surface area (Å²) < 4.78 is 18.3. The number of rotatable bonds is 3. The number of hydrogen-bond acceptors (Lipinski definition) is 2. The minimum absolute atomic E-state index is 0.172. The normalized spacial score (nSPS) is 25.6. The fraction of sp³-hybridized carbons (Fsp3) is 0.538. The number of ether oxygens (including phenoxy) is 1. The van der Waals surface area contributed by atoms with E-state index in [4.69, 9.17) is 4.74 Å². The first-order valence-electron chi connectivity index (χ1n) is 5.77. The van der Waals surface area contributed by atoms with Gasteiger partial charge < -0.3 is 10.1 Å². The molecule has 0 amide bonds. The number of piperidine rings is 1. The lowest BCUT2D eigenvalue weighted by Gasteiger charge is -2.31. The molecule has 1 fully saturated rings. The lowest BCUT2D eigenvalue weighted by molar-refractivity contribution is 0.0311. The molecule has 2 rings (SSSR count). The van der Waals surface area contributed by atoms with Crippen molar-refractivity contribution in [2.45, 2.75) is 18.9 Å². The molecule has 3 heteroatoms. The number of halogens is 1. The first kappa shape index (κ1) is 11.6. The van der Waals surface area contributed by atoms with E-state index in [1.807, 2.05) is 12.1 Å². The molecule has 16 heavy (non-hydrogen) atoms. The molecular formula is C13H18FNO. The molecule has 2 nitrogen and oxygen atoms in total. The van der Waals surface area contributed by atoms with Crippen molar-refractivity contribution in [1.29, 1.82) is 0 Å². The lowest BCUT2D eigenvalue weighted by Crippen LogP contribution is -2.41. The van der Waals surface area contributed by atoms with Crippen LogP contribution in [0.25, 0.3) is 0 Å². The minimum atomic E-state index is -0.172. The average Bonchev–Trinajstić information content (AvgIpc) is 2.33. The van der Waals surface area contributed by atoms with E-state index < -0.39 is 0 Å². The van der Waals surface area contributed by atoms with Gasteiger partial charge in [-0.15, -0.1) is 0 Å². The molecule has 0 bridgehead atoms. The maximum absolute atomic E-state index is 12.8. The molecule has 1 aromatic rings. The summed E-state index contributed by atoms with van der Waals surface area (Å²) in [6, 6.07) is 6.76. The maximum atomic E-state index is 12.8. The molecule has 1 aliphatic rings. The summed E-state index contributed by atoms with van der Waals surface area (Å²) in [5, 5.41) is 3.38. The second-order valence-electron chi connectivity index (χ2n) is 4.36. The quantitative estimate of drug-likeness (QED) is 0.846. The standard InChI is InChI=1S/C13H18FNO/c1-16-13-6-7-15-9-11(13)8-10-2-4-12(14)5-3-10/h2-5,11,13,15H,6-9H2,1H3. The summed E-state index contributed by atoms with van der Waals surface area (Å²) in [5.74, 6) is 0.318. The van der Waals surface area contributed by atoms with Crippen LogP contribution in [-0.2, 0) is 11.2 Å². The van der Waals surface area contributed by atoms with Crippen molar-refractivity contribution in [1.82, 2.24) is 5.32 Å². The van der Waals surface area contributed by atoms with Gasteiger partial charge in [-0.1, -0.05) is 12.1 Å². The fourth-order valence-corrected chi connectivity index (χ4v) is 2.34. The van der Waals surface area contributed by atoms with Gasteiger partial charge in [0.25, 0.3) is 0 Å². The summed E-state index contributed by atoms with van der Waals surface area (Å²) >= 11 is 0. The maximum Gasteiger partial charge on any atom is 0.123 e. The molecule has 2 atom stereocenters. The number of methoxy groups -OCH3 is 1. The number of benzene rings is 1. The molecule has 0 aliphatic carbocycles. The highest BCUT2D eigenvalue weighted by atomic mass is 19.1. The molecule has 0 aromatic heterocycles. The lowest BCUT2D eigenvalue weighted by atomic mass is 9.89. The largest absolute Gasteiger partial charge is 0.381 e. The molecule has 0 spiro atoms. The smallest absolute Gasteiger partial charge is 0.123 e. The molecular weight excluding hydrogens is 205 g/mol. The van der Waals surface area contributed by atoms with Crippen LogP contribution in [0.1, 0.15) is 12.0 Å². The Hall–Kier alpha value is -0.930. The highest BCUT2D eigenvalue weighted by Gasteiger charge is 2.24. The highest BCUT2D eigenvalue weighted by molar-refractivity contribution is 5.17. The van der Waals surface area contributed by atoms with Gasteiger partial charge >= 0.3 is 0 Å². The van der Waals surface area contributed by atoms with Crippen LogP contribution in [0.15, 0.2) is 24.3 Å². The summed E-state index contributed by atoms with van der Waals surface area (Å²) in [7, 11) is 1.77. The van der Waals surface area contributed by atoms with Crippen molar-refractivity contribution in [3.8, 4) is 0 Å². The zero-order chi connectivity index (χ0) is 11.4. The molecule has 1 heterocycles. The summed E-state index contributed by atoms with van der Waals surface area (Å²) in [5.41, 5.74) is 1.18. The summed E-state index contributed by atoms with van der Waals surface area (Å²) in [6.45, 7) is 2.01.